The second-order valence-corrected chi connectivity index (χ2v) is 4.77. The molecule has 0 saturated heterocycles. The maximum absolute atomic E-state index is 11.5. The topological polar surface area (TPSA) is 64.3 Å². The maximum atomic E-state index is 11.5. The van der Waals surface area contributed by atoms with Gasteiger partial charge in [0.05, 0.1) is 22.8 Å². The molecule has 1 atom stereocenters. The molecule has 0 aliphatic carbocycles. The lowest BCUT2D eigenvalue weighted by Gasteiger charge is -2.14. The molecule has 0 spiro atoms. The number of hydrogen-bond donors (Lipinski definition) is 2. The van der Waals surface area contributed by atoms with Crippen molar-refractivity contribution in [3.05, 3.63) is 21.6 Å². The normalized spacial score (nSPS) is 12.1. The molecule has 0 aliphatic rings. The summed E-state index contributed by atoms with van der Waals surface area (Å²) in [4.78, 5) is 11.5. The summed E-state index contributed by atoms with van der Waals surface area (Å²) in [6.07, 6.45) is 0. The number of carbonyl (C=O) groups excluding carboxylic acids is 1. The Balaban J connectivity index is 3.07. The number of hydrogen-bond acceptors (Lipinski definition) is 3. The second kappa shape index (κ2) is 6.23. The number of benzene rings is 1. The molecule has 1 rings (SSSR count). The largest absolute Gasteiger partial charge is 0.491 e. The average Bonchev–Trinajstić information content (AvgIpc) is 2.22. The van der Waals surface area contributed by atoms with E-state index in [1.165, 1.54) is 0 Å². The van der Waals surface area contributed by atoms with E-state index in [0.29, 0.717) is 27.5 Å². The molecule has 0 bridgehead atoms. The number of nitrogens with one attached hydrogen (secondary N) is 1. The van der Waals surface area contributed by atoms with E-state index in [2.05, 4.69) is 21.2 Å². The molecule has 0 aromatic heterocycles. The van der Waals surface area contributed by atoms with E-state index in [0.717, 1.165) is 0 Å². The summed E-state index contributed by atoms with van der Waals surface area (Å²) in [5.41, 5.74) is 5.99. The lowest BCUT2D eigenvalue weighted by molar-refractivity contribution is -0.117. The molecule has 3 N–H and O–H groups in total. The van der Waals surface area contributed by atoms with Crippen LogP contribution >= 0.6 is 27.5 Å². The molecule has 1 aromatic rings. The van der Waals surface area contributed by atoms with Crippen molar-refractivity contribution >= 4 is 39.1 Å². The summed E-state index contributed by atoms with van der Waals surface area (Å²) >= 11 is 9.25. The fourth-order valence-corrected chi connectivity index (χ4v) is 2.12. The highest BCUT2D eigenvalue weighted by molar-refractivity contribution is 9.10. The molecule has 0 heterocycles. The van der Waals surface area contributed by atoms with Crippen LogP contribution in [0, 0.1) is 0 Å². The number of nitrogens with two attached hydrogens (primary N) is 1. The van der Waals surface area contributed by atoms with E-state index < -0.39 is 6.04 Å². The molecule has 4 nitrogen and oxygen atoms in total. The average molecular weight is 322 g/mol. The van der Waals surface area contributed by atoms with Crippen molar-refractivity contribution in [2.75, 3.05) is 11.9 Å². The van der Waals surface area contributed by atoms with Gasteiger partial charge in [0.25, 0.3) is 0 Å². The van der Waals surface area contributed by atoms with Crippen LogP contribution in [-0.2, 0) is 4.79 Å². The van der Waals surface area contributed by atoms with Gasteiger partial charge in [0, 0.05) is 5.02 Å². The molecule has 0 radical (unpaired) electrons. The van der Waals surface area contributed by atoms with Gasteiger partial charge in [0.1, 0.15) is 0 Å². The fraction of sp³-hybridized carbons (Fsp3) is 0.364. The molecule has 0 saturated carbocycles. The zero-order valence-corrected chi connectivity index (χ0v) is 11.9. The summed E-state index contributed by atoms with van der Waals surface area (Å²) in [6, 6.07) is 2.73. The molecule has 1 aromatic carbocycles. The van der Waals surface area contributed by atoms with Crippen LogP contribution in [0.3, 0.4) is 0 Å². The van der Waals surface area contributed by atoms with Gasteiger partial charge >= 0.3 is 0 Å². The second-order valence-electron chi connectivity index (χ2n) is 3.48. The zero-order chi connectivity index (χ0) is 13.0. The zero-order valence-electron chi connectivity index (χ0n) is 9.59. The standard InChI is InChI=1S/C11H14BrClN2O2/c1-3-17-10-8(12)4-7(13)5-9(10)15-11(16)6(2)14/h4-6H,3,14H2,1-2H3,(H,15,16)/t6-/m0/s1. The third-order valence-corrected chi connectivity index (χ3v) is 2.78. The van der Waals surface area contributed by atoms with Crippen LogP contribution in [-0.4, -0.2) is 18.6 Å². The first-order valence-corrected chi connectivity index (χ1v) is 6.31. The number of rotatable bonds is 4. The first kappa shape index (κ1) is 14.3. The number of anilines is 1. The SMILES string of the molecule is CCOc1c(Br)cc(Cl)cc1NC(=O)[C@H](C)N. The van der Waals surface area contributed by atoms with E-state index in [9.17, 15) is 4.79 Å². The Morgan fingerprint density at radius 3 is 2.82 bits per heavy atom. The Hall–Kier alpha value is -0.780. The fourth-order valence-electron chi connectivity index (χ4n) is 1.19. The highest BCUT2D eigenvalue weighted by Crippen LogP contribution is 2.36. The van der Waals surface area contributed by atoms with Crippen molar-refractivity contribution < 1.29 is 9.53 Å². The van der Waals surface area contributed by atoms with Gasteiger partial charge in [-0.15, -0.1) is 0 Å². The van der Waals surface area contributed by atoms with Crippen LogP contribution in [0.2, 0.25) is 5.02 Å². The van der Waals surface area contributed by atoms with Crippen LogP contribution in [0.4, 0.5) is 5.69 Å². The van der Waals surface area contributed by atoms with Gasteiger partial charge in [0.15, 0.2) is 5.75 Å². The molecular weight excluding hydrogens is 307 g/mol. The Labute approximate surface area is 114 Å². The molecule has 0 unspecified atom stereocenters. The van der Waals surface area contributed by atoms with Gasteiger partial charge < -0.3 is 15.8 Å². The van der Waals surface area contributed by atoms with Crippen molar-refractivity contribution in [1.82, 2.24) is 0 Å². The lowest BCUT2D eigenvalue weighted by Crippen LogP contribution is -2.32. The predicted molar refractivity (Wildman–Crippen MR) is 72.6 cm³/mol. The molecule has 0 fully saturated rings. The molecule has 1 amide bonds. The van der Waals surface area contributed by atoms with Gasteiger partial charge in [-0.25, -0.2) is 0 Å². The highest BCUT2D eigenvalue weighted by Gasteiger charge is 2.14. The quantitative estimate of drug-likeness (QED) is 0.896. The maximum Gasteiger partial charge on any atom is 0.241 e. The molecule has 0 aliphatic heterocycles. The first-order chi connectivity index (χ1) is 7.95. The van der Waals surface area contributed by atoms with Crippen LogP contribution in [0.15, 0.2) is 16.6 Å². The van der Waals surface area contributed by atoms with Crippen molar-refractivity contribution in [2.45, 2.75) is 19.9 Å². The van der Waals surface area contributed by atoms with Crippen LogP contribution in [0.5, 0.6) is 5.75 Å². The van der Waals surface area contributed by atoms with Crippen molar-refractivity contribution in [3.8, 4) is 5.75 Å². The highest BCUT2D eigenvalue weighted by atomic mass is 79.9. The van der Waals surface area contributed by atoms with E-state index in [4.69, 9.17) is 22.1 Å². The monoisotopic (exact) mass is 320 g/mol. The van der Waals surface area contributed by atoms with Crippen LogP contribution < -0.4 is 15.8 Å². The van der Waals surface area contributed by atoms with Gasteiger partial charge in [-0.3, -0.25) is 4.79 Å². The molecule has 17 heavy (non-hydrogen) atoms. The van der Waals surface area contributed by atoms with Crippen molar-refractivity contribution in [1.29, 1.82) is 0 Å². The number of carbonyl (C=O) groups is 1. The minimum atomic E-state index is -0.595. The number of halogens is 2. The van der Waals surface area contributed by atoms with E-state index in [1.54, 1.807) is 19.1 Å². The van der Waals surface area contributed by atoms with Gasteiger partial charge in [-0.2, -0.15) is 0 Å². The Morgan fingerprint density at radius 2 is 2.29 bits per heavy atom. The Bertz CT molecular complexity index is 424. The molecule has 94 valence electrons. The third kappa shape index (κ3) is 3.87. The van der Waals surface area contributed by atoms with E-state index in [1.807, 2.05) is 6.92 Å². The van der Waals surface area contributed by atoms with Crippen molar-refractivity contribution in [3.63, 3.8) is 0 Å². The summed E-state index contributed by atoms with van der Waals surface area (Å²) < 4.78 is 6.13. The summed E-state index contributed by atoms with van der Waals surface area (Å²) in [6.45, 7) is 3.95. The smallest absolute Gasteiger partial charge is 0.241 e. The van der Waals surface area contributed by atoms with Gasteiger partial charge in [0.2, 0.25) is 5.91 Å². The van der Waals surface area contributed by atoms with Gasteiger partial charge in [-0.1, -0.05) is 11.6 Å². The number of ether oxygens (including phenoxy) is 1. The summed E-state index contributed by atoms with van der Waals surface area (Å²) in [5.74, 6) is 0.256. The number of amides is 1. The minimum absolute atomic E-state index is 0.292. The molecular formula is C11H14BrClN2O2. The Morgan fingerprint density at radius 1 is 1.65 bits per heavy atom. The molecule has 6 heteroatoms. The summed E-state index contributed by atoms with van der Waals surface area (Å²) in [5, 5.41) is 3.17. The Kier molecular flexibility index (Phi) is 5.24. The van der Waals surface area contributed by atoms with Crippen LogP contribution in [0.1, 0.15) is 13.8 Å². The summed E-state index contributed by atoms with van der Waals surface area (Å²) in [7, 11) is 0. The third-order valence-electron chi connectivity index (χ3n) is 1.97. The first-order valence-electron chi connectivity index (χ1n) is 5.14. The lowest BCUT2D eigenvalue weighted by atomic mass is 10.2. The van der Waals surface area contributed by atoms with E-state index >= 15 is 0 Å². The van der Waals surface area contributed by atoms with E-state index in [-0.39, 0.29) is 5.91 Å². The van der Waals surface area contributed by atoms with Crippen molar-refractivity contribution in [2.24, 2.45) is 5.73 Å². The van der Waals surface area contributed by atoms with Gasteiger partial charge in [-0.05, 0) is 41.9 Å². The predicted octanol–water partition coefficient (Wildman–Crippen LogP) is 2.79. The minimum Gasteiger partial charge on any atom is -0.491 e. The van der Waals surface area contributed by atoms with Crippen LogP contribution in [0.25, 0.3) is 0 Å².